The third-order valence-corrected chi connectivity index (χ3v) is 7.45. The number of aryl methyl sites for hydroxylation is 2. The molecule has 9 heteroatoms. The number of sulfone groups is 1. The minimum atomic E-state index is -4.05. The average molecular weight is 524 g/mol. The lowest BCUT2D eigenvalue weighted by molar-refractivity contribution is -0.121. The smallest absolute Gasteiger partial charge is 0.270 e. The first-order valence-corrected chi connectivity index (χ1v) is 12.0. The standard InChI is InChI=1S/C22H20BrClN2O4S/c1-14-11-15(2)26(13-20(27)25-12-16-3-7-18(24)8-4-16)22(28)21(14)31(29,30)19-9-5-17(23)6-10-19/h3-11H,12-13H2,1-2H3,(H,25,27). The predicted molar refractivity (Wildman–Crippen MR) is 123 cm³/mol. The molecule has 1 aromatic heterocycles. The van der Waals surface area contributed by atoms with E-state index in [2.05, 4.69) is 21.2 Å². The van der Waals surface area contributed by atoms with Gasteiger partial charge in [-0.3, -0.25) is 9.59 Å². The van der Waals surface area contributed by atoms with Crippen LogP contribution >= 0.6 is 27.5 Å². The van der Waals surface area contributed by atoms with Gasteiger partial charge in [-0.2, -0.15) is 0 Å². The zero-order chi connectivity index (χ0) is 22.8. The zero-order valence-corrected chi connectivity index (χ0v) is 20.0. The Bertz CT molecular complexity index is 1280. The largest absolute Gasteiger partial charge is 0.350 e. The molecule has 1 heterocycles. The number of nitrogens with zero attached hydrogens (tertiary/aromatic N) is 1. The maximum absolute atomic E-state index is 13.1. The van der Waals surface area contributed by atoms with Crippen molar-refractivity contribution in [1.29, 1.82) is 0 Å². The van der Waals surface area contributed by atoms with E-state index < -0.39 is 21.3 Å². The molecule has 0 aliphatic carbocycles. The number of carbonyl (C=O) groups excluding carboxylic acids is 1. The van der Waals surface area contributed by atoms with Gasteiger partial charge in [-0.15, -0.1) is 0 Å². The van der Waals surface area contributed by atoms with Crippen molar-refractivity contribution >= 4 is 43.3 Å². The fourth-order valence-corrected chi connectivity index (χ4v) is 5.11. The number of benzene rings is 2. The first-order chi connectivity index (χ1) is 14.6. The summed E-state index contributed by atoms with van der Waals surface area (Å²) in [5, 5.41) is 3.33. The number of pyridine rings is 1. The second-order valence-corrected chi connectivity index (χ2v) is 10.3. The molecule has 2 aromatic carbocycles. The molecule has 0 unspecified atom stereocenters. The lowest BCUT2D eigenvalue weighted by atomic mass is 10.2. The maximum Gasteiger partial charge on any atom is 0.270 e. The Morgan fingerprint density at radius 2 is 1.68 bits per heavy atom. The normalized spacial score (nSPS) is 11.4. The summed E-state index contributed by atoms with van der Waals surface area (Å²) in [5.41, 5.74) is 0.966. The second-order valence-electron chi connectivity index (χ2n) is 7.05. The van der Waals surface area contributed by atoms with Crippen molar-refractivity contribution in [2.75, 3.05) is 0 Å². The molecule has 0 bridgehead atoms. The van der Waals surface area contributed by atoms with Gasteiger partial charge >= 0.3 is 0 Å². The van der Waals surface area contributed by atoms with E-state index >= 15 is 0 Å². The summed E-state index contributed by atoms with van der Waals surface area (Å²) in [6.45, 7) is 3.21. The molecule has 1 amide bonds. The van der Waals surface area contributed by atoms with E-state index in [9.17, 15) is 18.0 Å². The molecule has 0 radical (unpaired) electrons. The highest BCUT2D eigenvalue weighted by atomic mass is 79.9. The Morgan fingerprint density at radius 3 is 2.29 bits per heavy atom. The number of carbonyl (C=O) groups is 1. The lowest BCUT2D eigenvalue weighted by Crippen LogP contribution is -2.35. The van der Waals surface area contributed by atoms with Crippen LogP contribution in [0, 0.1) is 13.8 Å². The molecular formula is C22H20BrClN2O4S. The molecule has 0 fully saturated rings. The Kier molecular flexibility index (Phi) is 7.03. The molecule has 162 valence electrons. The van der Waals surface area contributed by atoms with Crippen molar-refractivity contribution in [3.05, 3.63) is 91.3 Å². The predicted octanol–water partition coefficient (Wildman–Crippen LogP) is 4.03. The summed E-state index contributed by atoms with van der Waals surface area (Å²) in [4.78, 5) is 25.3. The minimum Gasteiger partial charge on any atom is -0.350 e. The molecule has 0 atom stereocenters. The minimum absolute atomic E-state index is 0.0125. The maximum atomic E-state index is 13.1. The molecule has 3 rings (SSSR count). The summed E-state index contributed by atoms with van der Waals surface area (Å²) < 4.78 is 28.2. The van der Waals surface area contributed by atoms with Gasteiger partial charge in [0.1, 0.15) is 11.4 Å². The first kappa shape index (κ1) is 23.2. The van der Waals surface area contributed by atoms with Crippen LogP contribution in [0.2, 0.25) is 5.02 Å². The molecule has 0 saturated carbocycles. The van der Waals surface area contributed by atoms with Gasteiger partial charge in [-0.1, -0.05) is 39.7 Å². The number of hydrogen-bond acceptors (Lipinski definition) is 4. The zero-order valence-electron chi connectivity index (χ0n) is 16.9. The fourth-order valence-electron chi connectivity index (χ4n) is 3.17. The van der Waals surface area contributed by atoms with E-state index in [0.29, 0.717) is 16.3 Å². The first-order valence-electron chi connectivity index (χ1n) is 9.32. The number of rotatable bonds is 6. The monoisotopic (exact) mass is 522 g/mol. The summed E-state index contributed by atoms with van der Waals surface area (Å²) in [7, 11) is -4.05. The van der Waals surface area contributed by atoms with Gasteiger partial charge in [0, 0.05) is 21.7 Å². The molecule has 31 heavy (non-hydrogen) atoms. The van der Waals surface area contributed by atoms with Crippen molar-refractivity contribution in [3.63, 3.8) is 0 Å². The van der Waals surface area contributed by atoms with Gasteiger partial charge in [0.2, 0.25) is 15.7 Å². The van der Waals surface area contributed by atoms with Crippen LogP contribution in [0.1, 0.15) is 16.8 Å². The summed E-state index contributed by atoms with van der Waals surface area (Å²) in [6.07, 6.45) is 0. The molecule has 1 N–H and O–H groups in total. The van der Waals surface area contributed by atoms with Crippen LogP contribution in [-0.4, -0.2) is 18.9 Å². The summed E-state index contributed by atoms with van der Waals surface area (Å²) in [6, 6.07) is 14.7. The van der Waals surface area contributed by atoms with Crippen LogP contribution in [0.3, 0.4) is 0 Å². The Labute approximate surface area is 193 Å². The molecule has 0 spiro atoms. The van der Waals surface area contributed by atoms with E-state index in [1.807, 2.05) is 0 Å². The lowest BCUT2D eigenvalue weighted by Gasteiger charge is -2.15. The van der Waals surface area contributed by atoms with E-state index in [0.717, 1.165) is 10.0 Å². The van der Waals surface area contributed by atoms with E-state index in [4.69, 9.17) is 11.6 Å². The van der Waals surface area contributed by atoms with Crippen LogP contribution in [0.25, 0.3) is 0 Å². The van der Waals surface area contributed by atoms with Crippen molar-refractivity contribution in [3.8, 4) is 0 Å². The van der Waals surface area contributed by atoms with Gasteiger partial charge in [-0.25, -0.2) is 8.42 Å². The molecule has 0 aliphatic rings. The fraction of sp³-hybridized carbons (Fsp3) is 0.182. The number of aromatic nitrogens is 1. The number of amides is 1. The van der Waals surface area contributed by atoms with Gasteiger partial charge in [-0.05, 0) is 67.4 Å². The highest BCUT2D eigenvalue weighted by Crippen LogP contribution is 2.23. The molecule has 6 nitrogen and oxygen atoms in total. The highest BCUT2D eigenvalue weighted by Gasteiger charge is 2.26. The van der Waals surface area contributed by atoms with Crippen molar-refractivity contribution in [2.24, 2.45) is 0 Å². The summed E-state index contributed by atoms with van der Waals surface area (Å²) >= 11 is 9.13. The van der Waals surface area contributed by atoms with E-state index in [-0.39, 0.29) is 22.9 Å². The Hall–Kier alpha value is -2.42. The van der Waals surface area contributed by atoms with E-state index in [1.54, 1.807) is 56.3 Å². The third kappa shape index (κ3) is 5.26. The van der Waals surface area contributed by atoms with Crippen LogP contribution in [0.15, 0.2) is 73.7 Å². The van der Waals surface area contributed by atoms with Crippen molar-refractivity contribution < 1.29 is 13.2 Å². The SMILES string of the molecule is Cc1cc(C)n(CC(=O)NCc2ccc(Cl)cc2)c(=O)c1S(=O)(=O)c1ccc(Br)cc1. The second kappa shape index (κ2) is 9.38. The Morgan fingerprint density at radius 1 is 1.06 bits per heavy atom. The van der Waals surface area contributed by atoms with E-state index in [1.165, 1.54) is 16.7 Å². The van der Waals surface area contributed by atoms with Gasteiger partial charge in [0.25, 0.3) is 5.56 Å². The Balaban J connectivity index is 1.90. The topological polar surface area (TPSA) is 85.2 Å². The van der Waals surface area contributed by atoms with Crippen LogP contribution < -0.4 is 10.9 Å². The summed E-state index contributed by atoms with van der Waals surface area (Å²) in [5.74, 6) is -0.406. The number of halogens is 2. The van der Waals surface area contributed by atoms with Gasteiger partial charge in [0.15, 0.2) is 0 Å². The van der Waals surface area contributed by atoms with Crippen LogP contribution in [0.4, 0.5) is 0 Å². The molecule has 3 aromatic rings. The van der Waals surface area contributed by atoms with Crippen LogP contribution in [-0.2, 0) is 27.7 Å². The highest BCUT2D eigenvalue weighted by molar-refractivity contribution is 9.10. The molecule has 0 saturated heterocycles. The third-order valence-electron chi connectivity index (χ3n) is 4.75. The van der Waals surface area contributed by atoms with Crippen molar-refractivity contribution in [1.82, 2.24) is 9.88 Å². The van der Waals surface area contributed by atoms with Crippen molar-refractivity contribution in [2.45, 2.75) is 36.7 Å². The molecular weight excluding hydrogens is 504 g/mol. The van der Waals surface area contributed by atoms with Gasteiger partial charge in [0.05, 0.1) is 4.90 Å². The average Bonchev–Trinajstić information content (AvgIpc) is 2.70. The number of nitrogens with one attached hydrogen (secondary N) is 1. The number of hydrogen-bond donors (Lipinski definition) is 1. The van der Waals surface area contributed by atoms with Gasteiger partial charge < -0.3 is 9.88 Å². The van der Waals surface area contributed by atoms with Crippen LogP contribution in [0.5, 0.6) is 0 Å². The molecule has 0 aliphatic heterocycles. The quantitative estimate of drug-likeness (QED) is 0.529.